The Bertz CT molecular complexity index is 562. The number of aryl methyl sites for hydroxylation is 1. The zero-order chi connectivity index (χ0) is 17.0. The summed E-state index contributed by atoms with van der Waals surface area (Å²) in [5, 5.41) is 9.89. The molecule has 0 spiro atoms. The Morgan fingerprint density at radius 3 is 2.62 bits per heavy atom. The zero-order valence-electron chi connectivity index (χ0n) is 14.8. The van der Waals surface area contributed by atoms with Gasteiger partial charge in [0.1, 0.15) is 12.1 Å². The fourth-order valence-corrected chi connectivity index (χ4v) is 3.07. The van der Waals surface area contributed by atoms with Gasteiger partial charge in [-0.05, 0) is 40.2 Å². The van der Waals surface area contributed by atoms with Gasteiger partial charge in [0.2, 0.25) is 11.8 Å². The van der Waals surface area contributed by atoms with Crippen LogP contribution in [-0.2, 0) is 16.6 Å². The van der Waals surface area contributed by atoms with Crippen LogP contribution in [0.2, 0.25) is 0 Å². The Morgan fingerprint density at radius 2 is 2.08 bits per heavy atom. The van der Waals surface area contributed by atoms with Gasteiger partial charge in [-0.15, -0.1) is 12.4 Å². The molecule has 0 bridgehead atoms. The summed E-state index contributed by atoms with van der Waals surface area (Å²) in [4.78, 5) is 26.9. The van der Waals surface area contributed by atoms with Crippen LogP contribution in [0.1, 0.15) is 44.7 Å². The highest BCUT2D eigenvalue weighted by Crippen LogP contribution is 2.18. The molecular weight excluding hydrogens is 330 g/mol. The predicted octanol–water partition coefficient (Wildman–Crippen LogP) is 1.01. The number of carbonyl (C=O) groups is 2. The Balaban J connectivity index is 0.00000288. The minimum Gasteiger partial charge on any atom is -0.343 e. The molecule has 2 N–H and O–H groups in total. The topological polar surface area (TPSA) is 79.3 Å². The zero-order valence-corrected chi connectivity index (χ0v) is 15.6. The Kier molecular flexibility index (Phi) is 7.69. The maximum atomic E-state index is 12.6. The Hall–Kier alpha value is -1.60. The van der Waals surface area contributed by atoms with Gasteiger partial charge < -0.3 is 15.5 Å². The average molecular weight is 358 g/mol. The third kappa shape index (κ3) is 4.70. The molecule has 136 valence electrons. The molecule has 2 amide bonds. The van der Waals surface area contributed by atoms with Crippen molar-refractivity contribution in [3.8, 4) is 0 Å². The van der Waals surface area contributed by atoms with Crippen molar-refractivity contribution in [2.24, 2.45) is 7.05 Å². The van der Waals surface area contributed by atoms with Crippen LogP contribution in [0.15, 0.2) is 12.4 Å². The summed E-state index contributed by atoms with van der Waals surface area (Å²) in [5.74, 6) is -0.224. The first kappa shape index (κ1) is 20.4. The standard InChI is InChI=1S/C16H27N5O2.ClH/c1-11-7-5-6-8-21(11)16(23)12(2)19-15(22)14(17-3)13-9-18-20(4)10-13;/h9-12,14,17H,5-8H2,1-4H3,(H,19,22);1H. The molecule has 2 rings (SSSR count). The molecule has 0 aromatic carbocycles. The van der Waals surface area contributed by atoms with Crippen LogP contribution in [0, 0.1) is 0 Å². The number of carbonyl (C=O) groups excluding carboxylic acids is 2. The van der Waals surface area contributed by atoms with Gasteiger partial charge in [-0.3, -0.25) is 14.3 Å². The van der Waals surface area contributed by atoms with Crippen LogP contribution >= 0.6 is 12.4 Å². The first-order valence-corrected chi connectivity index (χ1v) is 8.20. The quantitative estimate of drug-likeness (QED) is 0.824. The van der Waals surface area contributed by atoms with Crippen LogP contribution in [0.3, 0.4) is 0 Å². The lowest BCUT2D eigenvalue weighted by atomic mass is 10.0. The number of aromatic nitrogens is 2. The van der Waals surface area contributed by atoms with E-state index >= 15 is 0 Å². The molecule has 1 aliphatic heterocycles. The highest BCUT2D eigenvalue weighted by molar-refractivity contribution is 5.90. The second kappa shape index (κ2) is 9.03. The van der Waals surface area contributed by atoms with E-state index in [1.807, 2.05) is 4.90 Å². The third-order valence-corrected chi connectivity index (χ3v) is 4.42. The number of nitrogens with one attached hydrogen (secondary N) is 2. The molecule has 3 unspecified atom stereocenters. The molecule has 24 heavy (non-hydrogen) atoms. The summed E-state index contributed by atoms with van der Waals surface area (Å²) >= 11 is 0. The molecule has 1 fully saturated rings. The minimum atomic E-state index is -0.532. The van der Waals surface area contributed by atoms with Gasteiger partial charge in [-0.2, -0.15) is 5.10 Å². The Morgan fingerprint density at radius 1 is 1.38 bits per heavy atom. The van der Waals surface area contributed by atoms with Gasteiger partial charge in [0.05, 0.1) is 6.20 Å². The van der Waals surface area contributed by atoms with Gasteiger partial charge in [0, 0.05) is 31.4 Å². The van der Waals surface area contributed by atoms with E-state index in [9.17, 15) is 9.59 Å². The van der Waals surface area contributed by atoms with Crippen molar-refractivity contribution in [3.63, 3.8) is 0 Å². The van der Waals surface area contributed by atoms with Gasteiger partial charge in [0.25, 0.3) is 0 Å². The fraction of sp³-hybridized carbons (Fsp3) is 0.688. The van der Waals surface area contributed by atoms with Crippen LogP contribution in [0.5, 0.6) is 0 Å². The van der Waals surface area contributed by atoms with E-state index in [0.29, 0.717) is 0 Å². The van der Waals surface area contributed by atoms with E-state index in [1.54, 1.807) is 38.1 Å². The highest BCUT2D eigenvalue weighted by atomic mass is 35.5. The molecule has 7 nitrogen and oxygen atoms in total. The maximum Gasteiger partial charge on any atom is 0.245 e. The molecule has 0 saturated carbocycles. The molecule has 1 aliphatic rings. The minimum absolute atomic E-state index is 0. The summed E-state index contributed by atoms with van der Waals surface area (Å²) in [5.41, 5.74) is 0.776. The monoisotopic (exact) mass is 357 g/mol. The van der Waals surface area contributed by atoms with E-state index in [4.69, 9.17) is 0 Å². The highest BCUT2D eigenvalue weighted by Gasteiger charge is 2.29. The predicted molar refractivity (Wildman–Crippen MR) is 94.9 cm³/mol. The summed E-state index contributed by atoms with van der Waals surface area (Å²) in [6.45, 7) is 4.59. The van der Waals surface area contributed by atoms with E-state index in [1.165, 1.54) is 0 Å². The van der Waals surface area contributed by atoms with Crippen molar-refractivity contribution in [2.45, 2.75) is 51.2 Å². The summed E-state index contributed by atoms with van der Waals surface area (Å²) in [6.07, 6.45) is 6.67. The number of halogens is 1. The first-order chi connectivity index (χ1) is 10.9. The van der Waals surface area contributed by atoms with Gasteiger partial charge in [-0.25, -0.2) is 0 Å². The van der Waals surface area contributed by atoms with Gasteiger partial charge in [-0.1, -0.05) is 0 Å². The van der Waals surface area contributed by atoms with Crippen molar-refractivity contribution in [2.75, 3.05) is 13.6 Å². The van der Waals surface area contributed by atoms with Crippen LogP contribution in [-0.4, -0.2) is 52.2 Å². The Labute approximate surface area is 149 Å². The molecule has 0 aliphatic carbocycles. The van der Waals surface area contributed by atoms with Gasteiger partial charge >= 0.3 is 0 Å². The molecule has 1 saturated heterocycles. The second-order valence-corrected chi connectivity index (χ2v) is 6.28. The lowest BCUT2D eigenvalue weighted by Crippen LogP contribution is -2.52. The van der Waals surface area contributed by atoms with Crippen LogP contribution < -0.4 is 10.6 Å². The summed E-state index contributed by atoms with van der Waals surface area (Å²) < 4.78 is 1.65. The average Bonchev–Trinajstić information content (AvgIpc) is 2.94. The number of amides is 2. The van der Waals surface area contributed by atoms with E-state index in [0.717, 1.165) is 31.4 Å². The number of nitrogens with zero attached hydrogens (tertiary/aromatic N) is 3. The van der Waals surface area contributed by atoms with E-state index in [-0.39, 0.29) is 30.3 Å². The second-order valence-electron chi connectivity index (χ2n) is 6.28. The number of hydrogen-bond acceptors (Lipinski definition) is 4. The maximum absolute atomic E-state index is 12.6. The molecule has 8 heteroatoms. The number of rotatable bonds is 5. The molecule has 2 heterocycles. The van der Waals surface area contributed by atoms with Crippen molar-refractivity contribution in [1.29, 1.82) is 0 Å². The normalized spacial score (nSPS) is 20.0. The van der Waals surface area contributed by atoms with Crippen LogP contribution in [0.25, 0.3) is 0 Å². The first-order valence-electron chi connectivity index (χ1n) is 8.20. The van der Waals surface area contributed by atoms with E-state index < -0.39 is 12.1 Å². The smallest absolute Gasteiger partial charge is 0.245 e. The molecule has 0 radical (unpaired) electrons. The largest absolute Gasteiger partial charge is 0.343 e. The third-order valence-electron chi connectivity index (χ3n) is 4.42. The SMILES string of the molecule is CNC(C(=O)NC(C)C(=O)N1CCCCC1C)c1cnn(C)c1.Cl. The van der Waals surface area contributed by atoms with Crippen molar-refractivity contribution in [1.82, 2.24) is 25.3 Å². The summed E-state index contributed by atoms with van der Waals surface area (Å²) in [7, 11) is 3.52. The van der Waals surface area contributed by atoms with Crippen molar-refractivity contribution < 1.29 is 9.59 Å². The van der Waals surface area contributed by atoms with E-state index in [2.05, 4.69) is 22.7 Å². The van der Waals surface area contributed by atoms with Crippen molar-refractivity contribution >= 4 is 24.2 Å². The van der Waals surface area contributed by atoms with Crippen molar-refractivity contribution in [3.05, 3.63) is 18.0 Å². The lowest BCUT2D eigenvalue weighted by Gasteiger charge is -2.35. The summed E-state index contributed by atoms with van der Waals surface area (Å²) in [6, 6.07) is -0.803. The number of hydrogen-bond donors (Lipinski definition) is 2. The number of likely N-dealkylation sites (tertiary alicyclic amines) is 1. The molecule has 3 atom stereocenters. The lowest BCUT2D eigenvalue weighted by molar-refractivity contribution is -0.139. The fourth-order valence-electron chi connectivity index (χ4n) is 3.07. The van der Waals surface area contributed by atoms with Gasteiger partial charge in [0.15, 0.2) is 0 Å². The molecular formula is C16H28ClN5O2. The molecule has 1 aromatic heterocycles. The molecule has 1 aromatic rings. The number of likely N-dealkylation sites (N-methyl/N-ethyl adjacent to an activating group) is 1. The number of piperidine rings is 1. The van der Waals surface area contributed by atoms with Crippen LogP contribution in [0.4, 0.5) is 0 Å².